The van der Waals surface area contributed by atoms with Crippen LogP contribution in [-0.4, -0.2) is 6.03 Å². The number of rotatable bonds is 2. The number of nitrogens with one attached hydrogen (secondary N) is 2. The van der Waals surface area contributed by atoms with Crippen LogP contribution >= 0.6 is 11.6 Å². The first-order chi connectivity index (χ1) is 10.8. The summed E-state index contributed by atoms with van der Waals surface area (Å²) >= 11 is 5.51. The van der Waals surface area contributed by atoms with Gasteiger partial charge in [-0.05, 0) is 42.5 Å². The van der Waals surface area contributed by atoms with Gasteiger partial charge in [-0.1, -0.05) is 17.5 Å². The molecule has 0 atom stereocenters. The number of halogens is 4. The van der Waals surface area contributed by atoms with Gasteiger partial charge in [0.15, 0.2) is 0 Å². The van der Waals surface area contributed by atoms with Crippen LogP contribution in [-0.2, 0) is 6.18 Å². The fraction of sp³-hybridized carbons (Fsp3) is 0.0625. The van der Waals surface area contributed by atoms with Crippen molar-refractivity contribution in [3.05, 3.63) is 58.6 Å². The Balaban J connectivity index is 2.09. The van der Waals surface area contributed by atoms with Crippen LogP contribution in [0.1, 0.15) is 11.1 Å². The van der Waals surface area contributed by atoms with Gasteiger partial charge in [-0.25, -0.2) is 4.79 Å². The highest BCUT2D eigenvalue weighted by atomic mass is 35.5. The molecule has 0 saturated carbocycles. The van der Waals surface area contributed by atoms with E-state index in [2.05, 4.69) is 16.6 Å². The largest absolute Gasteiger partial charge is 0.417 e. The van der Waals surface area contributed by atoms with Crippen LogP contribution < -0.4 is 10.6 Å². The molecule has 0 radical (unpaired) electrons. The number of carbonyl (C=O) groups is 1. The summed E-state index contributed by atoms with van der Waals surface area (Å²) in [6.45, 7) is 0. The topological polar surface area (TPSA) is 41.1 Å². The summed E-state index contributed by atoms with van der Waals surface area (Å²) in [7, 11) is 0. The third-order valence-electron chi connectivity index (χ3n) is 2.84. The molecule has 7 heteroatoms. The average molecular weight is 339 g/mol. The second kappa shape index (κ2) is 6.63. The summed E-state index contributed by atoms with van der Waals surface area (Å²) in [6, 6.07) is 8.84. The molecule has 2 aromatic rings. The number of hydrogen-bond acceptors (Lipinski definition) is 1. The van der Waals surface area contributed by atoms with Crippen molar-refractivity contribution in [3.8, 4) is 12.3 Å². The number of anilines is 2. The normalized spacial score (nSPS) is 10.7. The van der Waals surface area contributed by atoms with E-state index in [0.29, 0.717) is 11.3 Å². The van der Waals surface area contributed by atoms with Crippen molar-refractivity contribution in [2.45, 2.75) is 6.18 Å². The van der Waals surface area contributed by atoms with E-state index in [1.807, 2.05) is 0 Å². The third kappa shape index (κ3) is 4.41. The lowest BCUT2D eigenvalue weighted by molar-refractivity contribution is -0.137. The fourth-order valence-corrected chi connectivity index (χ4v) is 1.99. The first-order valence-electron chi connectivity index (χ1n) is 6.31. The Hall–Kier alpha value is -2.65. The molecular formula is C16H10ClF3N2O. The van der Waals surface area contributed by atoms with E-state index in [1.54, 1.807) is 24.3 Å². The Bertz CT molecular complexity index is 764. The van der Waals surface area contributed by atoms with Crippen LogP contribution in [0.3, 0.4) is 0 Å². The molecule has 2 rings (SSSR count). The minimum Gasteiger partial charge on any atom is -0.308 e. The number of carbonyl (C=O) groups excluding carboxylic acids is 1. The Morgan fingerprint density at radius 1 is 1.04 bits per heavy atom. The van der Waals surface area contributed by atoms with Crippen molar-refractivity contribution in [1.82, 2.24) is 0 Å². The van der Waals surface area contributed by atoms with Crippen molar-refractivity contribution >= 4 is 29.0 Å². The predicted molar refractivity (Wildman–Crippen MR) is 83.5 cm³/mol. The fourth-order valence-electron chi connectivity index (χ4n) is 1.76. The highest BCUT2D eigenvalue weighted by Gasteiger charge is 2.33. The molecule has 0 aromatic heterocycles. The molecule has 3 nitrogen and oxygen atoms in total. The van der Waals surface area contributed by atoms with Gasteiger partial charge in [0.25, 0.3) is 0 Å². The number of urea groups is 1. The van der Waals surface area contributed by atoms with E-state index in [1.165, 1.54) is 6.07 Å². The molecule has 0 saturated heterocycles. The molecule has 118 valence electrons. The summed E-state index contributed by atoms with van der Waals surface area (Å²) in [5.74, 6) is 2.43. The second-order valence-corrected chi connectivity index (χ2v) is 4.90. The maximum absolute atomic E-state index is 12.8. The Kier molecular flexibility index (Phi) is 4.82. The van der Waals surface area contributed by atoms with Crippen molar-refractivity contribution in [2.24, 2.45) is 0 Å². The third-order valence-corrected chi connectivity index (χ3v) is 3.17. The summed E-state index contributed by atoms with van der Waals surface area (Å²) in [5.41, 5.74) is 0.0461. The molecule has 2 N–H and O–H groups in total. The van der Waals surface area contributed by atoms with Crippen LogP contribution in [0.4, 0.5) is 29.3 Å². The van der Waals surface area contributed by atoms with Gasteiger partial charge in [0.05, 0.1) is 10.6 Å². The van der Waals surface area contributed by atoms with E-state index in [-0.39, 0.29) is 5.69 Å². The maximum Gasteiger partial charge on any atom is 0.417 e. The highest BCUT2D eigenvalue weighted by molar-refractivity contribution is 6.31. The average Bonchev–Trinajstić information content (AvgIpc) is 2.49. The first kappa shape index (κ1) is 16.7. The summed E-state index contributed by atoms with van der Waals surface area (Å²) in [4.78, 5) is 11.8. The predicted octanol–water partition coefficient (Wildman–Crippen LogP) is 4.98. The lowest BCUT2D eigenvalue weighted by Crippen LogP contribution is -2.19. The van der Waals surface area contributed by atoms with E-state index in [0.717, 1.165) is 12.1 Å². The minimum absolute atomic E-state index is 0.0283. The Morgan fingerprint density at radius 3 is 2.17 bits per heavy atom. The summed E-state index contributed by atoms with van der Waals surface area (Å²) in [5, 5.41) is 4.35. The Labute approximate surface area is 135 Å². The zero-order valence-electron chi connectivity index (χ0n) is 11.5. The maximum atomic E-state index is 12.8. The van der Waals surface area contributed by atoms with E-state index in [9.17, 15) is 18.0 Å². The van der Waals surface area contributed by atoms with Gasteiger partial charge in [-0.3, -0.25) is 0 Å². The van der Waals surface area contributed by atoms with Crippen molar-refractivity contribution in [1.29, 1.82) is 0 Å². The standard InChI is InChI=1S/C16H10ClF3N2O/c1-2-10-3-5-11(6-4-10)21-15(23)22-12-7-8-14(17)13(9-12)16(18,19)20/h1,3-9H,(H2,21,22,23). The molecule has 0 aliphatic heterocycles. The smallest absolute Gasteiger partial charge is 0.308 e. The molecule has 0 aliphatic rings. The van der Waals surface area contributed by atoms with Gasteiger partial charge in [0, 0.05) is 16.9 Å². The number of amides is 2. The number of benzene rings is 2. The number of terminal acetylenes is 1. The van der Waals surface area contributed by atoms with Gasteiger partial charge >= 0.3 is 12.2 Å². The van der Waals surface area contributed by atoms with Gasteiger partial charge in [-0.15, -0.1) is 6.42 Å². The van der Waals surface area contributed by atoms with Crippen LogP contribution in [0, 0.1) is 12.3 Å². The quantitative estimate of drug-likeness (QED) is 0.745. The molecule has 0 aliphatic carbocycles. The van der Waals surface area contributed by atoms with Gasteiger partial charge < -0.3 is 10.6 Å². The lowest BCUT2D eigenvalue weighted by Gasteiger charge is -2.12. The second-order valence-electron chi connectivity index (χ2n) is 4.49. The zero-order chi connectivity index (χ0) is 17.0. The SMILES string of the molecule is C#Cc1ccc(NC(=O)Nc2ccc(Cl)c(C(F)(F)F)c2)cc1. The molecule has 2 amide bonds. The van der Waals surface area contributed by atoms with Crippen molar-refractivity contribution in [3.63, 3.8) is 0 Å². The van der Waals surface area contributed by atoms with Crippen LogP contribution in [0.15, 0.2) is 42.5 Å². The van der Waals surface area contributed by atoms with Crippen molar-refractivity contribution in [2.75, 3.05) is 10.6 Å². The lowest BCUT2D eigenvalue weighted by atomic mass is 10.2. The van der Waals surface area contributed by atoms with Gasteiger partial charge in [-0.2, -0.15) is 13.2 Å². The first-order valence-corrected chi connectivity index (χ1v) is 6.69. The molecule has 0 fully saturated rings. The Morgan fingerprint density at radius 2 is 1.61 bits per heavy atom. The molecule has 2 aromatic carbocycles. The molecular weight excluding hydrogens is 329 g/mol. The zero-order valence-corrected chi connectivity index (χ0v) is 12.3. The molecule has 0 spiro atoms. The summed E-state index contributed by atoms with van der Waals surface area (Å²) in [6.07, 6.45) is 0.612. The molecule has 23 heavy (non-hydrogen) atoms. The van der Waals surface area contributed by atoms with Crippen LogP contribution in [0.5, 0.6) is 0 Å². The molecule has 0 unspecified atom stereocenters. The van der Waals surface area contributed by atoms with Crippen LogP contribution in [0.2, 0.25) is 5.02 Å². The monoisotopic (exact) mass is 338 g/mol. The summed E-state index contributed by atoms with van der Waals surface area (Å²) < 4.78 is 38.3. The minimum atomic E-state index is -4.60. The number of alkyl halides is 3. The van der Waals surface area contributed by atoms with E-state index >= 15 is 0 Å². The molecule has 0 heterocycles. The van der Waals surface area contributed by atoms with Crippen molar-refractivity contribution < 1.29 is 18.0 Å². The van der Waals surface area contributed by atoms with Gasteiger partial charge in [0.2, 0.25) is 0 Å². The van der Waals surface area contributed by atoms with E-state index in [4.69, 9.17) is 18.0 Å². The van der Waals surface area contributed by atoms with Crippen LogP contribution in [0.25, 0.3) is 0 Å². The number of hydrogen-bond donors (Lipinski definition) is 2. The molecule has 0 bridgehead atoms. The van der Waals surface area contributed by atoms with Gasteiger partial charge in [0.1, 0.15) is 0 Å². The highest BCUT2D eigenvalue weighted by Crippen LogP contribution is 2.36. The van der Waals surface area contributed by atoms with E-state index < -0.39 is 22.8 Å².